The minimum absolute atomic E-state index is 0.996. The van der Waals surface area contributed by atoms with Crippen LogP contribution in [0, 0.1) is 6.92 Å². The second kappa shape index (κ2) is 6.64. The molecule has 0 unspecified atom stereocenters. The second-order valence-corrected chi connectivity index (χ2v) is 3.92. The summed E-state index contributed by atoms with van der Waals surface area (Å²) < 4.78 is 5.52. The molecular weight excluding hydrogens is 188 g/mol. The molecule has 15 heavy (non-hydrogen) atoms. The average Bonchev–Trinajstić information content (AvgIpc) is 2.62. The zero-order chi connectivity index (χ0) is 11.1. The lowest BCUT2D eigenvalue weighted by atomic mass is 10.3. The molecule has 0 saturated carbocycles. The van der Waals surface area contributed by atoms with Gasteiger partial charge in [0.15, 0.2) is 0 Å². The van der Waals surface area contributed by atoms with Crippen molar-refractivity contribution in [1.29, 1.82) is 0 Å². The molecule has 1 rings (SSSR count). The maximum absolute atomic E-state index is 5.52. The van der Waals surface area contributed by atoms with E-state index < -0.39 is 0 Å². The Kier molecular flexibility index (Phi) is 5.43. The minimum Gasteiger partial charge on any atom is -0.466 e. The Balaban J connectivity index is 2.13. The van der Waals surface area contributed by atoms with Gasteiger partial charge in [0.1, 0.15) is 11.5 Å². The Morgan fingerprint density at radius 2 is 2.13 bits per heavy atom. The summed E-state index contributed by atoms with van der Waals surface area (Å²) >= 11 is 0. The highest BCUT2D eigenvalue weighted by molar-refractivity contribution is 5.05. The van der Waals surface area contributed by atoms with E-state index in [1.807, 2.05) is 13.0 Å². The fraction of sp³-hybridized carbons (Fsp3) is 0.667. The Labute approximate surface area is 92.5 Å². The molecule has 0 amide bonds. The van der Waals surface area contributed by atoms with Crippen molar-refractivity contribution in [2.45, 2.75) is 20.3 Å². The van der Waals surface area contributed by atoms with Crippen molar-refractivity contribution in [3.8, 4) is 0 Å². The molecule has 0 bridgehead atoms. The summed E-state index contributed by atoms with van der Waals surface area (Å²) in [6.45, 7) is 8.37. The maximum atomic E-state index is 5.52. The topological polar surface area (TPSA) is 28.4 Å². The highest BCUT2D eigenvalue weighted by atomic mass is 16.3. The van der Waals surface area contributed by atoms with Crippen molar-refractivity contribution in [1.82, 2.24) is 10.2 Å². The van der Waals surface area contributed by atoms with E-state index in [1.165, 1.54) is 0 Å². The van der Waals surface area contributed by atoms with E-state index in [4.69, 9.17) is 4.42 Å². The third-order valence-electron chi connectivity index (χ3n) is 2.46. The first kappa shape index (κ1) is 12.3. The van der Waals surface area contributed by atoms with Crippen molar-refractivity contribution < 1.29 is 4.42 Å². The quantitative estimate of drug-likeness (QED) is 0.694. The molecule has 1 N–H and O–H groups in total. The van der Waals surface area contributed by atoms with Gasteiger partial charge in [-0.15, -0.1) is 0 Å². The molecule has 86 valence electrons. The fourth-order valence-corrected chi connectivity index (χ4v) is 1.48. The average molecular weight is 210 g/mol. The molecule has 3 nitrogen and oxygen atoms in total. The number of hydrogen-bond acceptors (Lipinski definition) is 3. The van der Waals surface area contributed by atoms with Gasteiger partial charge in [0, 0.05) is 26.1 Å². The molecule has 0 saturated heterocycles. The van der Waals surface area contributed by atoms with Crippen LogP contribution in [0.15, 0.2) is 16.5 Å². The SMILES string of the molecule is CCNCCN(C)CCc1ccc(C)o1. The van der Waals surface area contributed by atoms with Gasteiger partial charge in [0.25, 0.3) is 0 Å². The van der Waals surface area contributed by atoms with Crippen molar-refractivity contribution in [3.63, 3.8) is 0 Å². The molecule has 0 aromatic carbocycles. The predicted molar refractivity (Wildman–Crippen MR) is 63.2 cm³/mol. The first-order valence-electron chi connectivity index (χ1n) is 5.67. The van der Waals surface area contributed by atoms with Gasteiger partial charge in [-0.1, -0.05) is 6.92 Å². The van der Waals surface area contributed by atoms with Gasteiger partial charge in [-0.3, -0.25) is 0 Å². The van der Waals surface area contributed by atoms with Gasteiger partial charge in [-0.25, -0.2) is 0 Å². The summed E-state index contributed by atoms with van der Waals surface area (Å²) in [5.74, 6) is 2.09. The lowest BCUT2D eigenvalue weighted by molar-refractivity contribution is 0.324. The van der Waals surface area contributed by atoms with Crippen molar-refractivity contribution in [3.05, 3.63) is 23.7 Å². The van der Waals surface area contributed by atoms with Crippen LogP contribution in [-0.4, -0.2) is 38.1 Å². The molecule has 0 aliphatic rings. The molecule has 0 spiro atoms. The highest BCUT2D eigenvalue weighted by Crippen LogP contribution is 2.06. The Morgan fingerprint density at radius 1 is 1.33 bits per heavy atom. The summed E-state index contributed by atoms with van der Waals surface area (Å²) in [5, 5.41) is 3.32. The van der Waals surface area contributed by atoms with Crippen LogP contribution in [0.4, 0.5) is 0 Å². The number of furan rings is 1. The van der Waals surface area contributed by atoms with Crippen LogP contribution in [-0.2, 0) is 6.42 Å². The van der Waals surface area contributed by atoms with Gasteiger partial charge >= 0.3 is 0 Å². The molecule has 3 heteroatoms. The second-order valence-electron chi connectivity index (χ2n) is 3.92. The smallest absolute Gasteiger partial charge is 0.105 e. The molecule has 0 aliphatic carbocycles. The van der Waals surface area contributed by atoms with Crippen LogP contribution in [0.25, 0.3) is 0 Å². The van der Waals surface area contributed by atoms with E-state index in [1.54, 1.807) is 0 Å². The largest absolute Gasteiger partial charge is 0.466 e. The standard InChI is InChI=1S/C12H22N2O/c1-4-13-8-10-14(3)9-7-12-6-5-11(2)15-12/h5-6,13H,4,7-10H2,1-3H3. The third-order valence-corrected chi connectivity index (χ3v) is 2.46. The summed E-state index contributed by atoms with van der Waals surface area (Å²) in [5.41, 5.74) is 0. The molecule has 1 aromatic heterocycles. The van der Waals surface area contributed by atoms with E-state index >= 15 is 0 Å². The number of rotatable bonds is 7. The summed E-state index contributed by atoms with van der Waals surface area (Å²) in [7, 11) is 2.15. The third kappa shape index (κ3) is 5.00. The first-order chi connectivity index (χ1) is 7.22. The minimum atomic E-state index is 0.996. The Hall–Kier alpha value is -0.800. The van der Waals surface area contributed by atoms with Crippen LogP contribution < -0.4 is 5.32 Å². The van der Waals surface area contributed by atoms with Gasteiger partial charge < -0.3 is 14.6 Å². The van der Waals surface area contributed by atoms with Crippen molar-refractivity contribution in [2.24, 2.45) is 0 Å². The van der Waals surface area contributed by atoms with Crippen LogP contribution in [0.3, 0.4) is 0 Å². The van der Waals surface area contributed by atoms with Crippen molar-refractivity contribution >= 4 is 0 Å². The van der Waals surface area contributed by atoms with E-state index in [0.717, 1.165) is 44.1 Å². The summed E-state index contributed by atoms with van der Waals surface area (Å²) in [6.07, 6.45) is 0.996. The maximum Gasteiger partial charge on any atom is 0.105 e. The van der Waals surface area contributed by atoms with Crippen molar-refractivity contribution in [2.75, 3.05) is 33.2 Å². The number of aryl methyl sites for hydroxylation is 1. The van der Waals surface area contributed by atoms with Crippen LogP contribution >= 0.6 is 0 Å². The molecule has 0 atom stereocenters. The van der Waals surface area contributed by atoms with E-state index in [0.29, 0.717) is 0 Å². The number of likely N-dealkylation sites (N-methyl/N-ethyl adjacent to an activating group) is 2. The van der Waals surface area contributed by atoms with Crippen LogP contribution in [0.2, 0.25) is 0 Å². The molecule has 0 aliphatic heterocycles. The zero-order valence-electron chi connectivity index (χ0n) is 10.0. The lowest BCUT2D eigenvalue weighted by Gasteiger charge is -2.15. The molecule has 0 fully saturated rings. The Bertz CT molecular complexity index is 270. The van der Waals surface area contributed by atoms with Crippen LogP contribution in [0.5, 0.6) is 0 Å². The number of nitrogens with zero attached hydrogens (tertiary/aromatic N) is 1. The summed E-state index contributed by atoms with van der Waals surface area (Å²) in [6, 6.07) is 4.08. The van der Waals surface area contributed by atoms with Crippen LogP contribution in [0.1, 0.15) is 18.4 Å². The highest BCUT2D eigenvalue weighted by Gasteiger charge is 2.01. The fourth-order valence-electron chi connectivity index (χ4n) is 1.48. The van der Waals surface area contributed by atoms with Gasteiger partial charge in [0.05, 0.1) is 0 Å². The Morgan fingerprint density at radius 3 is 2.73 bits per heavy atom. The predicted octanol–water partition coefficient (Wildman–Crippen LogP) is 1.67. The molecule has 1 heterocycles. The van der Waals surface area contributed by atoms with Gasteiger partial charge in [0.2, 0.25) is 0 Å². The lowest BCUT2D eigenvalue weighted by Crippen LogP contribution is -2.30. The molecule has 0 radical (unpaired) electrons. The van der Waals surface area contributed by atoms with Gasteiger partial charge in [-0.2, -0.15) is 0 Å². The summed E-state index contributed by atoms with van der Waals surface area (Å²) in [4.78, 5) is 2.32. The number of nitrogens with one attached hydrogen (secondary N) is 1. The number of hydrogen-bond donors (Lipinski definition) is 1. The monoisotopic (exact) mass is 210 g/mol. The zero-order valence-corrected chi connectivity index (χ0v) is 10.0. The van der Waals surface area contributed by atoms with E-state index in [-0.39, 0.29) is 0 Å². The van der Waals surface area contributed by atoms with Gasteiger partial charge in [-0.05, 0) is 32.6 Å². The molecule has 1 aromatic rings. The molecular formula is C12H22N2O. The normalized spacial score (nSPS) is 11.2. The van der Waals surface area contributed by atoms with E-state index in [2.05, 4.69) is 30.3 Å². The van der Waals surface area contributed by atoms with E-state index in [9.17, 15) is 0 Å². The first-order valence-corrected chi connectivity index (χ1v) is 5.67.